The quantitative estimate of drug-likeness (QED) is 0.801. The molecule has 4 nitrogen and oxygen atoms in total. The van der Waals surface area contributed by atoms with Crippen LogP contribution in [0.15, 0.2) is 30.3 Å². The monoisotopic (exact) mass is 345 g/mol. The zero-order chi connectivity index (χ0) is 17.9. The van der Waals surface area contributed by atoms with Crippen LogP contribution in [0.25, 0.3) is 0 Å². The van der Waals surface area contributed by atoms with E-state index in [4.69, 9.17) is 4.74 Å². The van der Waals surface area contributed by atoms with Gasteiger partial charge < -0.3 is 10.1 Å². The van der Waals surface area contributed by atoms with Crippen molar-refractivity contribution in [3.8, 4) is 0 Å². The summed E-state index contributed by atoms with van der Waals surface area (Å²) in [5, 5.41) is 2.85. The molecule has 5 heteroatoms. The minimum Gasteiger partial charge on any atom is -0.449 e. The summed E-state index contributed by atoms with van der Waals surface area (Å²) >= 11 is 1.54. The molecule has 0 saturated carbocycles. The molecule has 1 aromatic carbocycles. The lowest BCUT2D eigenvalue weighted by Gasteiger charge is -2.17. The molecule has 0 saturated heterocycles. The molecule has 0 radical (unpaired) electrons. The van der Waals surface area contributed by atoms with Gasteiger partial charge in [0.05, 0.1) is 5.56 Å². The molecule has 0 bridgehead atoms. The molecule has 0 aliphatic rings. The Hall–Kier alpha value is -2.14. The smallest absolute Gasteiger partial charge is 0.340 e. The number of para-hydroxylation sites is 1. The van der Waals surface area contributed by atoms with Crippen LogP contribution in [0, 0.1) is 13.8 Å². The Balaban J connectivity index is 2.05. The van der Waals surface area contributed by atoms with Crippen molar-refractivity contribution in [1.82, 2.24) is 0 Å². The number of nitrogens with one attached hydrogen (secondary N) is 1. The predicted octanol–water partition coefficient (Wildman–Crippen LogP) is 4.67. The van der Waals surface area contributed by atoms with Crippen LogP contribution in [0.2, 0.25) is 0 Å². The van der Waals surface area contributed by atoms with E-state index in [0.717, 1.165) is 21.0 Å². The van der Waals surface area contributed by atoms with Gasteiger partial charge in [-0.05, 0) is 44.4 Å². The van der Waals surface area contributed by atoms with E-state index in [1.807, 2.05) is 38.1 Å². The fourth-order valence-corrected chi connectivity index (χ4v) is 3.37. The SMILES string of the molecule is Cc1cc(C(=O)O[C@H](C)C(=O)Nc2ccccc2C(C)C)c(C)s1. The second kappa shape index (κ2) is 7.62. The Morgan fingerprint density at radius 1 is 1.12 bits per heavy atom. The van der Waals surface area contributed by atoms with Crippen molar-refractivity contribution >= 4 is 28.9 Å². The Labute approximate surface area is 146 Å². The third-order valence-corrected chi connectivity index (χ3v) is 4.72. The molecule has 1 N–H and O–H groups in total. The lowest BCUT2D eigenvalue weighted by atomic mass is 10.0. The standard InChI is InChI=1S/C19H23NO3S/c1-11(2)15-8-6-7-9-17(15)20-18(21)13(4)23-19(22)16-10-12(3)24-14(16)5/h6-11,13H,1-5H3,(H,20,21)/t13-/m1/s1. The summed E-state index contributed by atoms with van der Waals surface area (Å²) in [6.07, 6.45) is -0.864. The lowest BCUT2D eigenvalue weighted by molar-refractivity contribution is -0.123. The van der Waals surface area contributed by atoms with Gasteiger partial charge in [0, 0.05) is 15.4 Å². The number of benzene rings is 1. The van der Waals surface area contributed by atoms with Crippen molar-refractivity contribution in [3.05, 3.63) is 51.2 Å². The molecule has 0 fully saturated rings. The number of hydrogen-bond acceptors (Lipinski definition) is 4. The Morgan fingerprint density at radius 3 is 2.38 bits per heavy atom. The van der Waals surface area contributed by atoms with E-state index in [2.05, 4.69) is 19.2 Å². The summed E-state index contributed by atoms with van der Waals surface area (Å²) < 4.78 is 5.32. The van der Waals surface area contributed by atoms with E-state index in [0.29, 0.717) is 5.56 Å². The summed E-state index contributed by atoms with van der Waals surface area (Å²) in [5.41, 5.74) is 2.33. The fourth-order valence-electron chi connectivity index (χ4n) is 2.46. The molecule has 1 heterocycles. The van der Waals surface area contributed by atoms with Gasteiger partial charge in [-0.3, -0.25) is 4.79 Å². The van der Waals surface area contributed by atoms with Crippen LogP contribution in [0.1, 0.15) is 52.4 Å². The van der Waals surface area contributed by atoms with Gasteiger partial charge >= 0.3 is 5.97 Å². The maximum absolute atomic E-state index is 12.4. The zero-order valence-corrected chi connectivity index (χ0v) is 15.5. The molecule has 128 valence electrons. The first-order valence-electron chi connectivity index (χ1n) is 7.97. The highest BCUT2D eigenvalue weighted by molar-refractivity contribution is 7.12. The van der Waals surface area contributed by atoms with E-state index >= 15 is 0 Å². The molecular weight excluding hydrogens is 322 g/mol. The van der Waals surface area contributed by atoms with Crippen LogP contribution < -0.4 is 5.32 Å². The fraction of sp³-hybridized carbons (Fsp3) is 0.368. The second-order valence-electron chi connectivity index (χ2n) is 6.11. The number of rotatable bonds is 5. The van der Waals surface area contributed by atoms with Crippen molar-refractivity contribution in [2.45, 2.75) is 46.6 Å². The van der Waals surface area contributed by atoms with Crippen LogP contribution in [0.4, 0.5) is 5.69 Å². The van der Waals surface area contributed by atoms with Crippen LogP contribution in [0.3, 0.4) is 0 Å². The normalized spacial score (nSPS) is 12.1. The minimum atomic E-state index is -0.864. The molecule has 0 unspecified atom stereocenters. The van der Waals surface area contributed by atoms with E-state index in [1.165, 1.54) is 11.3 Å². The van der Waals surface area contributed by atoms with Crippen LogP contribution in [-0.4, -0.2) is 18.0 Å². The molecule has 0 aliphatic carbocycles. The number of amides is 1. The van der Waals surface area contributed by atoms with Gasteiger partial charge in [-0.1, -0.05) is 32.0 Å². The van der Waals surface area contributed by atoms with E-state index in [1.54, 1.807) is 13.0 Å². The second-order valence-corrected chi connectivity index (χ2v) is 7.57. The minimum absolute atomic E-state index is 0.288. The van der Waals surface area contributed by atoms with Crippen molar-refractivity contribution in [1.29, 1.82) is 0 Å². The van der Waals surface area contributed by atoms with Crippen LogP contribution >= 0.6 is 11.3 Å². The van der Waals surface area contributed by atoms with Gasteiger partial charge in [0.2, 0.25) is 0 Å². The Bertz CT molecular complexity index is 749. The first-order chi connectivity index (χ1) is 11.3. The third kappa shape index (κ3) is 4.23. The number of thiophene rings is 1. The van der Waals surface area contributed by atoms with Crippen molar-refractivity contribution in [2.24, 2.45) is 0 Å². The summed E-state index contributed by atoms with van der Waals surface area (Å²) in [5.74, 6) is -0.506. The number of hydrogen-bond donors (Lipinski definition) is 1. The molecule has 1 atom stereocenters. The highest BCUT2D eigenvalue weighted by Crippen LogP contribution is 2.24. The third-order valence-electron chi connectivity index (χ3n) is 3.75. The van der Waals surface area contributed by atoms with Crippen LogP contribution in [0.5, 0.6) is 0 Å². The number of anilines is 1. The van der Waals surface area contributed by atoms with E-state index in [-0.39, 0.29) is 11.8 Å². The van der Waals surface area contributed by atoms with E-state index < -0.39 is 12.1 Å². The molecule has 2 aromatic rings. The van der Waals surface area contributed by atoms with Gasteiger partial charge in [0.25, 0.3) is 5.91 Å². The molecule has 2 rings (SSSR count). The molecule has 0 spiro atoms. The number of carbonyl (C=O) groups is 2. The molecule has 1 aromatic heterocycles. The zero-order valence-electron chi connectivity index (χ0n) is 14.7. The van der Waals surface area contributed by atoms with E-state index in [9.17, 15) is 9.59 Å². The molecule has 1 amide bonds. The van der Waals surface area contributed by atoms with Crippen molar-refractivity contribution < 1.29 is 14.3 Å². The highest BCUT2D eigenvalue weighted by Gasteiger charge is 2.22. The summed E-state index contributed by atoms with van der Waals surface area (Å²) in [7, 11) is 0. The summed E-state index contributed by atoms with van der Waals surface area (Å²) in [4.78, 5) is 26.5. The molecule has 0 aliphatic heterocycles. The predicted molar refractivity (Wildman–Crippen MR) is 97.8 cm³/mol. The van der Waals surface area contributed by atoms with Gasteiger partial charge in [-0.25, -0.2) is 4.79 Å². The molecule has 24 heavy (non-hydrogen) atoms. The summed E-state index contributed by atoms with van der Waals surface area (Å²) in [6.45, 7) is 9.53. The van der Waals surface area contributed by atoms with Crippen LogP contribution in [-0.2, 0) is 9.53 Å². The number of esters is 1. The number of aryl methyl sites for hydroxylation is 2. The largest absolute Gasteiger partial charge is 0.449 e. The maximum atomic E-state index is 12.4. The van der Waals surface area contributed by atoms with Gasteiger partial charge in [0.15, 0.2) is 6.10 Å². The number of ether oxygens (including phenoxy) is 1. The topological polar surface area (TPSA) is 55.4 Å². The summed E-state index contributed by atoms with van der Waals surface area (Å²) in [6, 6.07) is 9.44. The van der Waals surface area contributed by atoms with Gasteiger partial charge in [0.1, 0.15) is 0 Å². The first kappa shape index (κ1) is 18.2. The molecular formula is C19H23NO3S. The number of carbonyl (C=O) groups excluding carboxylic acids is 2. The first-order valence-corrected chi connectivity index (χ1v) is 8.79. The van der Waals surface area contributed by atoms with Gasteiger partial charge in [-0.2, -0.15) is 0 Å². The Kier molecular flexibility index (Phi) is 5.78. The highest BCUT2D eigenvalue weighted by atomic mass is 32.1. The average Bonchev–Trinajstić information content (AvgIpc) is 2.86. The van der Waals surface area contributed by atoms with Crippen molar-refractivity contribution in [2.75, 3.05) is 5.32 Å². The average molecular weight is 345 g/mol. The maximum Gasteiger partial charge on any atom is 0.340 e. The van der Waals surface area contributed by atoms with Gasteiger partial charge in [-0.15, -0.1) is 11.3 Å². The lowest BCUT2D eigenvalue weighted by Crippen LogP contribution is -2.30. The Morgan fingerprint density at radius 2 is 1.79 bits per heavy atom. The van der Waals surface area contributed by atoms with Crippen molar-refractivity contribution in [3.63, 3.8) is 0 Å².